The Morgan fingerprint density at radius 3 is 2.50 bits per heavy atom. The van der Waals surface area contributed by atoms with E-state index >= 15 is 0 Å². The first-order chi connectivity index (χ1) is 11.5. The average Bonchev–Trinajstić information content (AvgIpc) is 2.54. The lowest BCUT2D eigenvalue weighted by Gasteiger charge is -2.34. The maximum atomic E-state index is 13.5. The van der Waals surface area contributed by atoms with Crippen LogP contribution in [0.4, 0.5) is 10.1 Å². The number of benzene rings is 2. The average molecular weight is 322 g/mol. The van der Waals surface area contributed by atoms with Crippen LogP contribution >= 0.6 is 0 Å². The highest BCUT2D eigenvalue weighted by Crippen LogP contribution is 2.28. The van der Waals surface area contributed by atoms with Crippen LogP contribution in [0.2, 0.25) is 0 Å². The van der Waals surface area contributed by atoms with Crippen molar-refractivity contribution in [2.75, 3.05) is 18.0 Å². The first kappa shape index (κ1) is 16.5. The molecule has 124 valence electrons. The minimum atomic E-state index is -0.129. The van der Waals surface area contributed by atoms with Gasteiger partial charge in [0, 0.05) is 18.8 Å². The van der Waals surface area contributed by atoms with Crippen molar-refractivity contribution in [3.05, 3.63) is 64.5 Å². The van der Waals surface area contributed by atoms with E-state index in [4.69, 9.17) is 5.26 Å². The second-order valence-corrected chi connectivity index (χ2v) is 6.88. The van der Waals surface area contributed by atoms with Crippen LogP contribution in [0.5, 0.6) is 0 Å². The van der Waals surface area contributed by atoms with Crippen LogP contribution in [-0.4, -0.2) is 13.1 Å². The maximum absolute atomic E-state index is 13.5. The van der Waals surface area contributed by atoms with E-state index in [1.165, 1.54) is 5.69 Å². The molecule has 2 nitrogen and oxygen atoms in total. The number of rotatable bonds is 3. The van der Waals surface area contributed by atoms with Crippen LogP contribution in [0, 0.1) is 36.9 Å². The lowest BCUT2D eigenvalue weighted by molar-refractivity contribution is 0.403. The molecule has 0 spiro atoms. The molecular weight excluding hydrogens is 299 g/mol. The number of nitrogens with zero attached hydrogens (tertiary/aromatic N) is 2. The zero-order valence-electron chi connectivity index (χ0n) is 14.3. The second kappa shape index (κ2) is 7.05. The number of halogens is 1. The summed E-state index contributed by atoms with van der Waals surface area (Å²) in [6.07, 6.45) is 3.20. The van der Waals surface area contributed by atoms with Gasteiger partial charge in [-0.1, -0.05) is 6.07 Å². The minimum Gasteiger partial charge on any atom is -0.371 e. The third-order valence-electron chi connectivity index (χ3n) is 4.91. The Balaban J connectivity index is 1.62. The van der Waals surface area contributed by atoms with Gasteiger partial charge in [-0.2, -0.15) is 5.26 Å². The first-order valence-corrected chi connectivity index (χ1v) is 8.57. The number of aryl methyl sites for hydroxylation is 2. The van der Waals surface area contributed by atoms with Crippen LogP contribution in [0.25, 0.3) is 0 Å². The molecule has 0 aromatic heterocycles. The Morgan fingerprint density at radius 1 is 1.12 bits per heavy atom. The van der Waals surface area contributed by atoms with E-state index in [0.29, 0.717) is 11.5 Å². The van der Waals surface area contributed by atoms with Crippen molar-refractivity contribution in [3.8, 4) is 6.07 Å². The van der Waals surface area contributed by atoms with Gasteiger partial charge in [-0.15, -0.1) is 0 Å². The normalized spacial score (nSPS) is 15.3. The molecule has 2 aromatic carbocycles. The minimum absolute atomic E-state index is 0.129. The summed E-state index contributed by atoms with van der Waals surface area (Å²) in [4.78, 5) is 2.41. The molecule has 0 saturated carbocycles. The maximum Gasteiger partial charge on any atom is 0.123 e. The quantitative estimate of drug-likeness (QED) is 0.813. The van der Waals surface area contributed by atoms with E-state index < -0.39 is 0 Å². The van der Waals surface area contributed by atoms with E-state index in [0.717, 1.165) is 49.0 Å². The van der Waals surface area contributed by atoms with Crippen molar-refractivity contribution in [3.63, 3.8) is 0 Å². The van der Waals surface area contributed by atoms with Crippen LogP contribution < -0.4 is 4.90 Å². The highest BCUT2D eigenvalue weighted by Gasteiger charge is 2.21. The van der Waals surface area contributed by atoms with Crippen LogP contribution in [0.1, 0.15) is 35.1 Å². The Hall–Kier alpha value is -2.34. The highest BCUT2D eigenvalue weighted by molar-refractivity contribution is 5.56. The number of piperidine rings is 1. The summed E-state index contributed by atoms with van der Waals surface area (Å²) in [6.45, 7) is 6.05. The number of anilines is 1. The molecular formula is C21H23FN2. The van der Waals surface area contributed by atoms with Crippen LogP contribution in [-0.2, 0) is 6.42 Å². The van der Waals surface area contributed by atoms with Crippen molar-refractivity contribution in [2.45, 2.75) is 33.1 Å². The summed E-state index contributed by atoms with van der Waals surface area (Å²) in [6, 6.07) is 13.5. The van der Waals surface area contributed by atoms with E-state index in [1.807, 2.05) is 19.1 Å². The Labute approximate surface area is 143 Å². The number of hydrogen-bond acceptors (Lipinski definition) is 2. The monoisotopic (exact) mass is 322 g/mol. The lowest BCUT2D eigenvalue weighted by atomic mass is 9.89. The molecule has 0 unspecified atom stereocenters. The predicted octanol–water partition coefficient (Wildman–Crippen LogP) is 4.77. The molecule has 0 atom stereocenters. The van der Waals surface area contributed by atoms with Crippen molar-refractivity contribution in [1.29, 1.82) is 5.26 Å². The van der Waals surface area contributed by atoms with Crippen molar-refractivity contribution in [2.24, 2.45) is 5.92 Å². The Kier molecular flexibility index (Phi) is 4.85. The van der Waals surface area contributed by atoms with Gasteiger partial charge in [0.05, 0.1) is 11.6 Å². The highest BCUT2D eigenvalue weighted by atomic mass is 19.1. The molecule has 1 aliphatic rings. The molecule has 0 N–H and O–H groups in total. The molecule has 1 heterocycles. The lowest BCUT2D eigenvalue weighted by Crippen LogP contribution is -2.34. The molecule has 0 radical (unpaired) electrons. The summed E-state index contributed by atoms with van der Waals surface area (Å²) < 4.78 is 13.5. The second-order valence-electron chi connectivity index (χ2n) is 6.88. The summed E-state index contributed by atoms with van der Waals surface area (Å²) in [5, 5.41) is 8.99. The van der Waals surface area contributed by atoms with Crippen molar-refractivity contribution >= 4 is 5.69 Å². The van der Waals surface area contributed by atoms with Crippen LogP contribution in [0.3, 0.4) is 0 Å². The largest absolute Gasteiger partial charge is 0.371 e. The van der Waals surface area contributed by atoms with E-state index in [2.05, 4.69) is 30.0 Å². The topological polar surface area (TPSA) is 27.0 Å². The summed E-state index contributed by atoms with van der Waals surface area (Å²) in [5.41, 5.74) is 5.21. The third kappa shape index (κ3) is 3.76. The van der Waals surface area contributed by atoms with E-state index in [1.54, 1.807) is 12.1 Å². The van der Waals surface area contributed by atoms with Gasteiger partial charge in [0.2, 0.25) is 0 Å². The molecule has 0 aliphatic carbocycles. The third-order valence-corrected chi connectivity index (χ3v) is 4.91. The summed E-state index contributed by atoms with van der Waals surface area (Å²) >= 11 is 0. The SMILES string of the molecule is Cc1cc(F)cc(CC2CCN(c3ccc(C#N)cc3C)CC2)c1. The van der Waals surface area contributed by atoms with Gasteiger partial charge >= 0.3 is 0 Å². The van der Waals surface area contributed by atoms with E-state index in [-0.39, 0.29) is 5.82 Å². The van der Waals surface area contributed by atoms with Gasteiger partial charge in [0.25, 0.3) is 0 Å². The Bertz CT molecular complexity index is 748. The smallest absolute Gasteiger partial charge is 0.123 e. The first-order valence-electron chi connectivity index (χ1n) is 8.57. The van der Waals surface area contributed by atoms with Crippen molar-refractivity contribution in [1.82, 2.24) is 0 Å². The molecule has 0 bridgehead atoms. The molecule has 0 amide bonds. The number of nitriles is 1. The summed E-state index contributed by atoms with van der Waals surface area (Å²) in [7, 11) is 0. The fourth-order valence-corrected chi connectivity index (χ4v) is 3.72. The molecule has 3 heteroatoms. The van der Waals surface area contributed by atoms with E-state index in [9.17, 15) is 4.39 Å². The van der Waals surface area contributed by atoms with Gasteiger partial charge < -0.3 is 4.90 Å². The standard InChI is InChI=1S/C21H23FN2/c1-15-9-19(13-20(22)10-15)12-17-5-7-24(8-6-17)21-4-3-18(14-23)11-16(21)2/h3-4,9-11,13,17H,5-8,12H2,1-2H3. The van der Waals surface area contributed by atoms with Crippen LogP contribution in [0.15, 0.2) is 36.4 Å². The summed E-state index contributed by atoms with van der Waals surface area (Å²) in [5.74, 6) is 0.483. The van der Waals surface area contributed by atoms with Gasteiger partial charge in [-0.25, -0.2) is 4.39 Å². The van der Waals surface area contributed by atoms with Gasteiger partial charge in [0.15, 0.2) is 0 Å². The molecule has 1 saturated heterocycles. The fraction of sp³-hybridized carbons (Fsp3) is 0.381. The van der Waals surface area contributed by atoms with Gasteiger partial charge in [-0.3, -0.25) is 0 Å². The van der Waals surface area contributed by atoms with Gasteiger partial charge in [0.1, 0.15) is 5.82 Å². The fourth-order valence-electron chi connectivity index (χ4n) is 3.72. The number of hydrogen-bond donors (Lipinski definition) is 0. The molecule has 2 aromatic rings. The zero-order valence-corrected chi connectivity index (χ0v) is 14.3. The molecule has 24 heavy (non-hydrogen) atoms. The molecule has 3 rings (SSSR count). The zero-order chi connectivity index (χ0) is 17.1. The molecule has 1 fully saturated rings. The Morgan fingerprint density at radius 2 is 1.88 bits per heavy atom. The van der Waals surface area contributed by atoms with Crippen molar-refractivity contribution < 1.29 is 4.39 Å². The molecule has 1 aliphatic heterocycles. The predicted molar refractivity (Wildman–Crippen MR) is 95.7 cm³/mol. The van der Waals surface area contributed by atoms with Gasteiger partial charge in [-0.05, 0) is 86.1 Å².